The lowest BCUT2D eigenvalue weighted by Gasteiger charge is -2.11. The molecule has 3 N–H and O–H groups in total. The highest BCUT2D eigenvalue weighted by Crippen LogP contribution is 2.33. The third-order valence-electron chi connectivity index (χ3n) is 3.10. The number of nitrogens with one attached hydrogen (secondary N) is 1. The van der Waals surface area contributed by atoms with E-state index in [-0.39, 0.29) is 6.07 Å². The minimum atomic E-state index is -4.79. The van der Waals surface area contributed by atoms with E-state index in [9.17, 15) is 36.5 Å². The Morgan fingerprint density at radius 2 is 1.84 bits per heavy atom. The van der Waals surface area contributed by atoms with Gasteiger partial charge in [0.25, 0.3) is 0 Å². The Hall–Kier alpha value is -3.05. The Labute approximate surface area is 135 Å². The fourth-order valence-corrected chi connectivity index (χ4v) is 1.88. The quantitative estimate of drug-likeness (QED) is 0.373. The molecule has 25 heavy (non-hydrogen) atoms. The average Bonchev–Trinajstić information content (AvgIpc) is 2.49. The molecule has 0 atom stereocenters. The molecule has 2 rings (SSSR count). The Kier molecular flexibility index (Phi) is 4.72. The standard InChI is InChI=1S/C13H8F6N4O2/c14-6-1-5(13(17,18)19)3-21-9(6)4-22-8-2-7(15)12(23(24)25)11(20)10(8)16/h1-3,22H,4,20H2. The lowest BCUT2D eigenvalue weighted by Crippen LogP contribution is -2.11. The van der Waals surface area contributed by atoms with Gasteiger partial charge in [-0.15, -0.1) is 0 Å². The molecule has 0 bridgehead atoms. The van der Waals surface area contributed by atoms with E-state index in [1.807, 2.05) is 0 Å². The minimum Gasteiger partial charge on any atom is -0.391 e. The van der Waals surface area contributed by atoms with Crippen LogP contribution in [0.2, 0.25) is 0 Å². The highest BCUT2D eigenvalue weighted by Gasteiger charge is 2.32. The lowest BCUT2D eigenvalue weighted by atomic mass is 10.2. The number of pyridine rings is 1. The van der Waals surface area contributed by atoms with Gasteiger partial charge in [-0.3, -0.25) is 15.1 Å². The van der Waals surface area contributed by atoms with Crippen molar-refractivity contribution in [2.24, 2.45) is 0 Å². The summed E-state index contributed by atoms with van der Waals surface area (Å²) in [5, 5.41) is 12.8. The molecule has 12 heteroatoms. The molecule has 0 spiro atoms. The van der Waals surface area contributed by atoms with Crippen LogP contribution in [-0.4, -0.2) is 9.91 Å². The van der Waals surface area contributed by atoms with E-state index in [0.29, 0.717) is 12.3 Å². The third-order valence-corrected chi connectivity index (χ3v) is 3.10. The summed E-state index contributed by atoms with van der Waals surface area (Å²) < 4.78 is 78.4. The summed E-state index contributed by atoms with van der Waals surface area (Å²) in [5.41, 5.74) is 0.342. The SMILES string of the molecule is Nc1c(F)c(NCc2ncc(C(F)(F)F)cc2F)cc(F)c1[N+](=O)[O-]. The average molecular weight is 366 g/mol. The number of anilines is 2. The summed E-state index contributed by atoms with van der Waals surface area (Å²) in [5.74, 6) is -4.12. The van der Waals surface area contributed by atoms with Crippen molar-refractivity contribution in [2.45, 2.75) is 12.7 Å². The van der Waals surface area contributed by atoms with Crippen molar-refractivity contribution >= 4 is 17.1 Å². The van der Waals surface area contributed by atoms with Crippen molar-refractivity contribution < 1.29 is 31.3 Å². The Morgan fingerprint density at radius 3 is 2.36 bits per heavy atom. The van der Waals surface area contributed by atoms with Gasteiger partial charge in [0.2, 0.25) is 5.82 Å². The molecule has 1 aromatic carbocycles. The first-order valence-electron chi connectivity index (χ1n) is 6.39. The molecular formula is C13H8F6N4O2. The number of nitrogens with two attached hydrogens (primary N) is 1. The molecule has 1 aromatic heterocycles. The molecular weight excluding hydrogens is 358 g/mol. The van der Waals surface area contributed by atoms with Crippen LogP contribution in [0.3, 0.4) is 0 Å². The zero-order valence-corrected chi connectivity index (χ0v) is 12.0. The van der Waals surface area contributed by atoms with Crippen LogP contribution in [0.4, 0.5) is 43.4 Å². The molecule has 0 aliphatic rings. The predicted molar refractivity (Wildman–Crippen MR) is 73.9 cm³/mol. The Bertz CT molecular complexity index is 840. The maximum Gasteiger partial charge on any atom is 0.417 e. The Morgan fingerprint density at radius 1 is 1.20 bits per heavy atom. The summed E-state index contributed by atoms with van der Waals surface area (Å²) >= 11 is 0. The molecule has 0 unspecified atom stereocenters. The van der Waals surface area contributed by atoms with Crippen molar-refractivity contribution in [3.8, 4) is 0 Å². The number of nitro benzene ring substituents is 1. The molecule has 2 aromatic rings. The van der Waals surface area contributed by atoms with Crippen LogP contribution in [-0.2, 0) is 12.7 Å². The summed E-state index contributed by atoms with van der Waals surface area (Å²) in [4.78, 5) is 12.6. The fourth-order valence-electron chi connectivity index (χ4n) is 1.88. The van der Waals surface area contributed by atoms with E-state index in [4.69, 9.17) is 5.73 Å². The molecule has 0 radical (unpaired) electrons. The van der Waals surface area contributed by atoms with Crippen LogP contribution in [0, 0.1) is 27.6 Å². The van der Waals surface area contributed by atoms with E-state index in [1.54, 1.807) is 0 Å². The van der Waals surface area contributed by atoms with Gasteiger partial charge >= 0.3 is 11.9 Å². The van der Waals surface area contributed by atoms with Crippen LogP contribution in [0.15, 0.2) is 18.3 Å². The Balaban J connectivity index is 2.27. The first-order chi connectivity index (χ1) is 11.5. The number of alkyl halides is 3. The molecule has 0 amide bonds. The predicted octanol–water partition coefficient (Wildman–Crippen LogP) is 3.62. The van der Waals surface area contributed by atoms with Crippen molar-refractivity contribution in [3.05, 3.63) is 57.2 Å². The largest absolute Gasteiger partial charge is 0.417 e. The van der Waals surface area contributed by atoms with Crippen LogP contribution >= 0.6 is 0 Å². The zero-order chi connectivity index (χ0) is 18.9. The molecule has 6 nitrogen and oxygen atoms in total. The second-order valence-electron chi connectivity index (χ2n) is 4.74. The molecule has 1 heterocycles. The number of halogens is 6. The van der Waals surface area contributed by atoms with Crippen LogP contribution < -0.4 is 11.1 Å². The second kappa shape index (κ2) is 6.45. The van der Waals surface area contributed by atoms with E-state index in [2.05, 4.69) is 10.3 Å². The van der Waals surface area contributed by atoms with E-state index >= 15 is 0 Å². The van der Waals surface area contributed by atoms with Gasteiger partial charge in [-0.2, -0.15) is 17.6 Å². The van der Waals surface area contributed by atoms with Gasteiger partial charge < -0.3 is 11.1 Å². The van der Waals surface area contributed by atoms with Crippen LogP contribution in [0.1, 0.15) is 11.3 Å². The first kappa shape index (κ1) is 18.3. The smallest absolute Gasteiger partial charge is 0.391 e. The number of nitro groups is 1. The van der Waals surface area contributed by atoms with E-state index in [0.717, 1.165) is 0 Å². The summed E-state index contributed by atoms with van der Waals surface area (Å²) in [6.07, 6.45) is -4.41. The van der Waals surface area contributed by atoms with Crippen LogP contribution in [0.5, 0.6) is 0 Å². The summed E-state index contributed by atoms with van der Waals surface area (Å²) in [7, 11) is 0. The molecule has 0 saturated heterocycles. The van der Waals surface area contributed by atoms with Gasteiger partial charge in [0.15, 0.2) is 11.5 Å². The second-order valence-corrected chi connectivity index (χ2v) is 4.74. The highest BCUT2D eigenvalue weighted by atomic mass is 19.4. The molecule has 0 aliphatic carbocycles. The number of nitrogens with zero attached hydrogens (tertiary/aromatic N) is 2. The monoisotopic (exact) mass is 366 g/mol. The van der Waals surface area contributed by atoms with Gasteiger partial charge in [0.05, 0.1) is 28.4 Å². The van der Waals surface area contributed by atoms with Crippen molar-refractivity contribution in [1.82, 2.24) is 4.98 Å². The number of aromatic nitrogens is 1. The minimum absolute atomic E-state index is 0.200. The van der Waals surface area contributed by atoms with Gasteiger partial charge in [-0.05, 0) is 6.07 Å². The maximum atomic E-state index is 13.9. The normalized spacial score (nSPS) is 11.4. The van der Waals surface area contributed by atoms with E-state index in [1.165, 1.54) is 0 Å². The van der Waals surface area contributed by atoms with E-state index < -0.39 is 63.4 Å². The molecule has 0 fully saturated rings. The molecule has 0 saturated carbocycles. The summed E-state index contributed by atoms with van der Waals surface area (Å²) in [6.45, 7) is -0.614. The zero-order valence-electron chi connectivity index (χ0n) is 12.0. The number of rotatable bonds is 4. The van der Waals surface area contributed by atoms with Crippen molar-refractivity contribution in [2.75, 3.05) is 11.1 Å². The van der Waals surface area contributed by atoms with Crippen molar-refractivity contribution in [3.63, 3.8) is 0 Å². The maximum absolute atomic E-state index is 13.9. The van der Waals surface area contributed by atoms with Crippen molar-refractivity contribution in [1.29, 1.82) is 0 Å². The van der Waals surface area contributed by atoms with Gasteiger partial charge in [-0.25, -0.2) is 8.78 Å². The number of hydrogen-bond donors (Lipinski definition) is 2. The number of benzene rings is 1. The summed E-state index contributed by atoms with van der Waals surface area (Å²) in [6, 6.07) is 0.622. The van der Waals surface area contributed by atoms with Gasteiger partial charge in [0, 0.05) is 12.3 Å². The third kappa shape index (κ3) is 3.72. The van der Waals surface area contributed by atoms with Gasteiger partial charge in [0.1, 0.15) is 5.82 Å². The topological polar surface area (TPSA) is 94.1 Å². The fraction of sp³-hybridized carbons (Fsp3) is 0.154. The lowest BCUT2D eigenvalue weighted by molar-refractivity contribution is -0.386. The number of nitrogen functional groups attached to an aromatic ring is 1. The molecule has 0 aliphatic heterocycles. The van der Waals surface area contributed by atoms with Crippen LogP contribution in [0.25, 0.3) is 0 Å². The molecule has 134 valence electrons. The number of hydrogen-bond acceptors (Lipinski definition) is 5. The van der Waals surface area contributed by atoms with Gasteiger partial charge in [-0.1, -0.05) is 0 Å². The first-order valence-corrected chi connectivity index (χ1v) is 6.39. The highest BCUT2D eigenvalue weighted by molar-refractivity contribution is 5.68.